The zero-order valence-corrected chi connectivity index (χ0v) is 15.6. The van der Waals surface area contributed by atoms with E-state index in [-0.39, 0.29) is 0 Å². The van der Waals surface area contributed by atoms with E-state index in [1.54, 1.807) is 0 Å². The molecule has 28 heavy (non-hydrogen) atoms. The first kappa shape index (κ1) is 16.4. The molecule has 1 aromatic heterocycles. The molecule has 0 N–H and O–H groups in total. The Morgan fingerprint density at radius 1 is 0.714 bits per heavy atom. The lowest BCUT2D eigenvalue weighted by Gasteiger charge is -2.17. The summed E-state index contributed by atoms with van der Waals surface area (Å²) in [4.78, 5) is 0. The molecular weight excluding hydrogens is 340 g/mol. The van der Waals surface area contributed by atoms with Crippen molar-refractivity contribution in [2.24, 2.45) is 0 Å². The maximum Gasteiger partial charge on any atom is 0.0991 e. The quantitative estimate of drug-likeness (QED) is 0.348. The Labute approximate surface area is 163 Å². The molecule has 0 amide bonds. The van der Waals surface area contributed by atoms with Crippen molar-refractivity contribution in [3.63, 3.8) is 0 Å². The van der Waals surface area contributed by atoms with Gasteiger partial charge in [-0.05, 0) is 42.3 Å². The van der Waals surface area contributed by atoms with Crippen LogP contribution in [-0.2, 0) is 0 Å². The number of aromatic nitrogens is 1. The number of nitrogens with zero attached hydrogens (tertiary/aromatic N) is 2. The number of aryl methyl sites for hydroxylation is 1. The third-order valence-corrected chi connectivity index (χ3v) is 5.32. The van der Waals surface area contributed by atoms with Crippen LogP contribution in [0.3, 0.4) is 0 Å². The normalized spacial score (nSPS) is 11.0. The van der Waals surface area contributed by atoms with Crippen molar-refractivity contribution in [1.29, 1.82) is 5.26 Å². The highest BCUT2D eigenvalue weighted by atomic mass is 15.0. The average molecular weight is 358 g/mol. The van der Waals surface area contributed by atoms with Gasteiger partial charge in [0.15, 0.2) is 0 Å². The molecule has 4 aromatic carbocycles. The number of hydrogen-bond donors (Lipinski definition) is 0. The van der Waals surface area contributed by atoms with Crippen molar-refractivity contribution >= 4 is 21.8 Å². The van der Waals surface area contributed by atoms with Gasteiger partial charge in [-0.15, -0.1) is 0 Å². The fourth-order valence-electron chi connectivity index (χ4n) is 4.14. The van der Waals surface area contributed by atoms with Gasteiger partial charge < -0.3 is 4.57 Å². The zero-order valence-electron chi connectivity index (χ0n) is 15.6. The Morgan fingerprint density at radius 3 is 1.89 bits per heavy atom. The molecule has 0 aliphatic heterocycles. The Bertz CT molecular complexity index is 1320. The summed E-state index contributed by atoms with van der Waals surface area (Å²) >= 11 is 0. The maximum atomic E-state index is 9.54. The molecule has 2 heteroatoms. The van der Waals surface area contributed by atoms with E-state index >= 15 is 0 Å². The summed E-state index contributed by atoms with van der Waals surface area (Å²) in [6.07, 6.45) is 0. The van der Waals surface area contributed by atoms with Crippen LogP contribution in [0.4, 0.5) is 0 Å². The van der Waals surface area contributed by atoms with E-state index in [1.165, 1.54) is 21.8 Å². The van der Waals surface area contributed by atoms with Crippen LogP contribution in [0, 0.1) is 18.3 Å². The molecular formula is C26H18N2. The Balaban J connectivity index is 1.97. The number of rotatable bonds is 2. The lowest BCUT2D eigenvalue weighted by Crippen LogP contribution is -2.01. The SMILES string of the molecule is Cc1cc(C#N)cc(-c2ccccc2)c1-n1c2ccccc2c2ccccc21. The molecule has 5 aromatic rings. The molecule has 0 aliphatic carbocycles. The van der Waals surface area contributed by atoms with Gasteiger partial charge in [-0.25, -0.2) is 0 Å². The van der Waals surface area contributed by atoms with Gasteiger partial charge in [-0.3, -0.25) is 0 Å². The molecule has 0 aliphatic rings. The molecule has 0 spiro atoms. The summed E-state index contributed by atoms with van der Waals surface area (Å²) in [7, 11) is 0. The molecule has 5 rings (SSSR count). The summed E-state index contributed by atoms with van der Waals surface area (Å²) in [6.45, 7) is 2.09. The summed E-state index contributed by atoms with van der Waals surface area (Å²) in [5.74, 6) is 0. The van der Waals surface area contributed by atoms with Gasteiger partial charge >= 0.3 is 0 Å². The van der Waals surface area contributed by atoms with Crippen LogP contribution in [0.15, 0.2) is 91.0 Å². The minimum Gasteiger partial charge on any atom is -0.308 e. The van der Waals surface area contributed by atoms with Gasteiger partial charge in [0.2, 0.25) is 0 Å². The molecule has 0 atom stereocenters. The second kappa shape index (κ2) is 6.40. The minimum absolute atomic E-state index is 0.681. The Kier molecular flexibility index (Phi) is 3.74. The van der Waals surface area contributed by atoms with E-state index in [9.17, 15) is 5.26 Å². The highest BCUT2D eigenvalue weighted by molar-refractivity contribution is 6.09. The van der Waals surface area contributed by atoms with Crippen molar-refractivity contribution in [1.82, 2.24) is 4.57 Å². The second-order valence-corrected chi connectivity index (χ2v) is 7.04. The number of benzene rings is 4. The third-order valence-electron chi connectivity index (χ3n) is 5.32. The first-order chi connectivity index (χ1) is 13.8. The van der Waals surface area contributed by atoms with Crippen molar-refractivity contribution in [2.45, 2.75) is 6.92 Å². The molecule has 0 unspecified atom stereocenters. The minimum atomic E-state index is 0.681. The number of para-hydroxylation sites is 2. The van der Waals surface area contributed by atoms with E-state index in [2.05, 4.69) is 78.2 Å². The Hall–Kier alpha value is -3.83. The average Bonchev–Trinajstić information content (AvgIpc) is 3.08. The monoisotopic (exact) mass is 358 g/mol. The number of nitriles is 1. The van der Waals surface area contributed by atoms with E-state index in [4.69, 9.17) is 0 Å². The molecule has 1 heterocycles. The maximum absolute atomic E-state index is 9.54. The predicted octanol–water partition coefficient (Wildman–Crippen LogP) is 6.63. The summed E-state index contributed by atoms with van der Waals surface area (Å²) in [5, 5.41) is 12.0. The smallest absolute Gasteiger partial charge is 0.0991 e. The fraction of sp³-hybridized carbons (Fsp3) is 0.0385. The molecule has 0 saturated heterocycles. The summed E-state index contributed by atoms with van der Waals surface area (Å²) < 4.78 is 2.34. The van der Waals surface area contributed by atoms with E-state index < -0.39 is 0 Å². The highest BCUT2D eigenvalue weighted by Gasteiger charge is 2.17. The van der Waals surface area contributed by atoms with Crippen LogP contribution < -0.4 is 0 Å². The van der Waals surface area contributed by atoms with Crippen molar-refractivity contribution in [3.05, 3.63) is 102 Å². The van der Waals surface area contributed by atoms with Gasteiger partial charge in [-0.1, -0.05) is 66.7 Å². The summed E-state index contributed by atoms with van der Waals surface area (Å²) in [6, 6.07) is 33.6. The van der Waals surface area contributed by atoms with Crippen LogP contribution in [0.25, 0.3) is 38.6 Å². The van der Waals surface area contributed by atoms with Crippen LogP contribution in [0.2, 0.25) is 0 Å². The lowest BCUT2D eigenvalue weighted by molar-refractivity contribution is 1.15. The van der Waals surface area contributed by atoms with Gasteiger partial charge in [0.05, 0.1) is 28.4 Å². The first-order valence-corrected chi connectivity index (χ1v) is 9.36. The van der Waals surface area contributed by atoms with Gasteiger partial charge in [-0.2, -0.15) is 5.26 Å². The molecule has 2 nitrogen and oxygen atoms in total. The molecule has 0 saturated carbocycles. The zero-order chi connectivity index (χ0) is 19.1. The molecule has 0 radical (unpaired) electrons. The van der Waals surface area contributed by atoms with Gasteiger partial charge in [0.1, 0.15) is 0 Å². The van der Waals surface area contributed by atoms with E-state index in [1.807, 2.05) is 30.3 Å². The van der Waals surface area contributed by atoms with Crippen LogP contribution >= 0.6 is 0 Å². The van der Waals surface area contributed by atoms with Crippen LogP contribution in [0.5, 0.6) is 0 Å². The van der Waals surface area contributed by atoms with E-state index in [0.29, 0.717) is 5.56 Å². The standard InChI is InChI=1S/C26H18N2/c1-18-15-19(17-27)16-23(20-9-3-2-4-10-20)26(18)28-24-13-7-5-11-21(24)22-12-6-8-14-25(22)28/h2-16H,1H3. The number of fused-ring (bicyclic) bond motifs is 3. The first-order valence-electron chi connectivity index (χ1n) is 9.36. The van der Waals surface area contributed by atoms with Crippen LogP contribution in [0.1, 0.15) is 11.1 Å². The second-order valence-electron chi connectivity index (χ2n) is 7.04. The third kappa shape index (κ3) is 2.41. The molecule has 0 fully saturated rings. The number of hydrogen-bond acceptors (Lipinski definition) is 1. The van der Waals surface area contributed by atoms with E-state index in [0.717, 1.165) is 22.4 Å². The van der Waals surface area contributed by atoms with Gasteiger partial charge in [0.25, 0.3) is 0 Å². The largest absolute Gasteiger partial charge is 0.308 e. The Morgan fingerprint density at radius 2 is 1.29 bits per heavy atom. The predicted molar refractivity (Wildman–Crippen MR) is 116 cm³/mol. The lowest BCUT2D eigenvalue weighted by atomic mass is 9.97. The van der Waals surface area contributed by atoms with Gasteiger partial charge in [0, 0.05) is 16.3 Å². The highest BCUT2D eigenvalue weighted by Crippen LogP contribution is 2.38. The van der Waals surface area contributed by atoms with Crippen molar-refractivity contribution in [2.75, 3.05) is 0 Å². The van der Waals surface area contributed by atoms with Crippen LogP contribution in [-0.4, -0.2) is 4.57 Å². The molecule has 132 valence electrons. The van der Waals surface area contributed by atoms with Crippen molar-refractivity contribution in [3.8, 4) is 22.9 Å². The molecule has 0 bridgehead atoms. The summed E-state index contributed by atoms with van der Waals surface area (Å²) in [5.41, 5.74) is 7.43. The van der Waals surface area contributed by atoms with Crippen molar-refractivity contribution < 1.29 is 0 Å². The topological polar surface area (TPSA) is 28.7 Å². The fourth-order valence-corrected chi connectivity index (χ4v) is 4.14.